The van der Waals surface area contributed by atoms with E-state index in [9.17, 15) is 0 Å². The molecule has 3 nitrogen and oxygen atoms in total. The first-order chi connectivity index (χ1) is 37.3. The molecule has 0 unspecified atom stereocenters. The Morgan fingerprint density at radius 1 is 0.200 bits per heavy atom. The van der Waals surface area contributed by atoms with Crippen LogP contribution in [-0.4, -0.2) is 14.8 Å². The molecule has 0 aliphatic rings. The molecule has 0 aliphatic heterocycles. The van der Waals surface area contributed by atoms with Crippen molar-refractivity contribution in [3.8, 4) is 95.2 Å². The zero-order chi connectivity index (χ0) is 49.7. The van der Waals surface area contributed by atoms with Crippen LogP contribution in [0, 0.1) is 0 Å². The Labute approximate surface area is 435 Å². The van der Waals surface area contributed by atoms with E-state index in [2.05, 4.69) is 265 Å². The maximum atomic E-state index is 4.91. The zero-order valence-corrected chi connectivity index (χ0v) is 41.0. The lowest BCUT2D eigenvalue weighted by atomic mass is 9.80. The molecule has 1 heterocycles. The normalized spacial score (nSPS) is 11.5. The molecule has 75 heavy (non-hydrogen) atoms. The molecule has 0 N–H and O–H groups in total. The molecule has 0 bridgehead atoms. The van der Waals surface area contributed by atoms with Crippen LogP contribution in [0.15, 0.2) is 285 Å². The predicted molar refractivity (Wildman–Crippen MR) is 315 cm³/mol. The maximum Gasteiger partial charge on any atom is 0.168 e. The highest BCUT2D eigenvalue weighted by molar-refractivity contribution is 6.26. The number of hydrogen-bond acceptors (Lipinski definition) is 2. The topological polar surface area (TPSA) is 30.7 Å². The number of nitrogens with zero attached hydrogens (tertiary/aromatic N) is 3. The molecule has 3 heteroatoms. The van der Waals surface area contributed by atoms with Crippen molar-refractivity contribution in [2.24, 2.45) is 0 Å². The summed E-state index contributed by atoms with van der Waals surface area (Å²) in [4.78, 5) is 0. The fraction of sp³-hybridized carbons (Fsp3) is 0. The summed E-state index contributed by atoms with van der Waals surface area (Å²) in [5, 5.41) is 19.3. The molecule has 13 aromatic carbocycles. The smallest absolute Gasteiger partial charge is 0.168 e. The number of hydrogen-bond donors (Lipinski definition) is 0. The Morgan fingerprint density at radius 2 is 0.533 bits per heavy atom. The molecule has 14 aromatic rings. The van der Waals surface area contributed by atoms with Crippen molar-refractivity contribution in [2.75, 3.05) is 0 Å². The van der Waals surface area contributed by atoms with Crippen molar-refractivity contribution in [2.45, 2.75) is 0 Å². The minimum Gasteiger partial charge on any atom is -0.275 e. The third kappa shape index (κ3) is 7.52. The van der Waals surface area contributed by atoms with Gasteiger partial charge in [0, 0.05) is 16.8 Å². The van der Waals surface area contributed by atoms with E-state index in [-0.39, 0.29) is 0 Å². The minimum absolute atomic E-state index is 0.784. The molecule has 0 aliphatic carbocycles. The summed E-state index contributed by atoms with van der Waals surface area (Å²) in [7, 11) is 0. The predicted octanol–water partition coefficient (Wildman–Crippen LogP) is 19.2. The van der Waals surface area contributed by atoms with E-state index < -0.39 is 0 Å². The Balaban J connectivity index is 1.03. The summed E-state index contributed by atoms with van der Waals surface area (Å²) in [5.41, 5.74) is 17.3. The molecular formula is C72H47N3. The highest BCUT2D eigenvalue weighted by atomic mass is 15.3. The largest absolute Gasteiger partial charge is 0.275 e. The average Bonchev–Trinajstić information content (AvgIpc) is 3.95. The van der Waals surface area contributed by atoms with Crippen LogP contribution < -0.4 is 0 Å². The van der Waals surface area contributed by atoms with Gasteiger partial charge in [0.15, 0.2) is 11.6 Å². The van der Waals surface area contributed by atoms with E-state index in [0.29, 0.717) is 0 Å². The highest BCUT2D eigenvalue weighted by Crippen LogP contribution is 2.51. The lowest BCUT2D eigenvalue weighted by Crippen LogP contribution is -2.00. The summed E-state index contributed by atoms with van der Waals surface area (Å²) >= 11 is 0. The van der Waals surface area contributed by atoms with Gasteiger partial charge >= 0.3 is 0 Å². The third-order valence-corrected chi connectivity index (χ3v) is 14.9. The van der Waals surface area contributed by atoms with Gasteiger partial charge in [-0.05, 0) is 134 Å². The average molecular weight is 954 g/mol. The summed E-state index contributed by atoms with van der Waals surface area (Å²) in [6.07, 6.45) is 0. The number of fused-ring (bicyclic) bond motifs is 4. The van der Waals surface area contributed by atoms with E-state index in [4.69, 9.17) is 10.2 Å². The quantitative estimate of drug-likeness (QED) is 0.135. The second-order valence-electron chi connectivity index (χ2n) is 19.2. The van der Waals surface area contributed by atoms with Crippen LogP contribution in [0.3, 0.4) is 0 Å². The Bertz CT molecular complexity index is 4390. The molecule has 1 aromatic heterocycles. The van der Waals surface area contributed by atoms with Crippen LogP contribution in [0.4, 0.5) is 0 Å². The highest BCUT2D eigenvalue weighted by Gasteiger charge is 2.24. The van der Waals surface area contributed by atoms with Gasteiger partial charge in [0.25, 0.3) is 0 Å². The summed E-state index contributed by atoms with van der Waals surface area (Å²) in [6, 6.07) is 103. The van der Waals surface area contributed by atoms with Gasteiger partial charge in [-0.2, -0.15) is 0 Å². The number of benzene rings is 13. The molecule has 0 fully saturated rings. The standard InChI is InChI=1S/C72H47N3/c1-5-24-48(25-6-1)55-34-13-15-36-57(55)69-63-42-21-22-43-64(63)70(58-37-16-14-35-56(58)49-26-7-2-8-27-49)66-47-52(44-45-65(66)69)68-61-40-19-17-38-59(61)67(60-39-18-20-41-62(60)68)51-30-23-31-53(46-51)72-74-73-71(50-28-9-3-10-29-50)75(72)54-32-11-4-12-33-54/h1-47H. The number of aromatic nitrogens is 3. The van der Waals surface area contributed by atoms with Gasteiger partial charge in [-0.15, -0.1) is 10.2 Å². The van der Waals surface area contributed by atoms with Crippen molar-refractivity contribution < 1.29 is 0 Å². The molecule has 0 saturated heterocycles. The van der Waals surface area contributed by atoms with Crippen LogP contribution in [0.25, 0.3) is 138 Å². The molecule has 0 radical (unpaired) electrons. The summed E-state index contributed by atoms with van der Waals surface area (Å²) < 4.78 is 2.18. The number of rotatable bonds is 9. The summed E-state index contributed by atoms with van der Waals surface area (Å²) in [6.45, 7) is 0. The van der Waals surface area contributed by atoms with E-state index in [1.165, 1.54) is 98.7 Å². The fourth-order valence-electron chi connectivity index (χ4n) is 11.7. The van der Waals surface area contributed by atoms with Crippen molar-refractivity contribution in [3.63, 3.8) is 0 Å². The van der Waals surface area contributed by atoms with Gasteiger partial charge < -0.3 is 0 Å². The van der Waals surface area contributed by atoms with Crippen molar-refractivity contribution in [1.29, 1.82) is 0 Å². The molecule has 350 valence electrons. The zero-order valence-electron chi connectivity index (χ0n) is 41.0. The van der Waals surface area contributed by atoms with Crippen LogP contribution in [0.5, 0.6) is 0 Å². The van der Waals surface area contributed by atoms with Crippen LogP contribution in [0.1, 0.15) is 0 Å². The van der Waals surface area contributed by atoms with Gasteiger partial charge in [-0.3, -0.25) is 4.57 Å². The second kappa shape index (κ2) is 18.6. The Kier molecular flexibility index (Phi) is 10.8. The molecular weight excluding hydrogens is 907 g/mol. The van der Waals surface area contributed by atoms with Crippen molar-refractivity contribution >= 4 is 43.1 Å². The van der Waals surface area contributed by atoms with E-state index in [1.807, 2.05) is 24.3 Å². The first-order valence-corrected chi connectivity index (χ1v) is 25.7. The van der Waals surface area contributed by atoms with Gasteiger partial charge in [0.1, 0.15) is 0 Å². The minimum atomic E-state index is 0.784. The SMILES string of the molecule is c1ccc(-c2ccccc2-c2c3ccccc3c(-c3ccccc3-c3ccccc3)c3cc(-c4c5ccccc5c(-c5cccc(-c6nnc(-c7ccccc7)n6-c6ccccc6)c5)c5ccccc45)ccc23)cc1. The summed E-state index contributed by atoms with van der Waals surface area (Å²) in [5.74, 6) is 1.58. The number of para-hydroxylation sites is 1. The van der Waals surface area contributed by atoms with Crippen molar-refractivity contribution in [3.05, 3.63) is 285 Å². The third-order valence-electron chi connectivity index (χ3n) is 14.9. The second-order valence-corrected chi connectivity index (χ2v) is 19.2. The lowest BCUT2D eigenvalue weighted by Gasteiger charge is -2.22. The van der Waals surface area contributed by atoms with Gasteiger partial charge in [0.05, 0.1) is 0 Å². The first kappa shape index (κ1) is 43.8. The maximum absolute atomic E-state index is 4.91. The Morgan fingerprint density at radius 3 is 1.03 bits per heavy atom. The van der Waals surface area contributed by atoms with Crippen molar-refractivity contribution in [1.82, 2.24) is 14.8 Å². The molecule has 0 spiro atoms. The Hall–Kier alpha value is -9.96. The molecule has 0 saturated carbocycles. The van der Waals surface area contributed by atoms with Gasteiger partial charge in [-0.25, -0.2) is 0 Å². The van der Waals surface area contributed by atoms with Gasteiger partial charge in [-0.1, -0.05) is 261 Å². The molecule has 0 atom stereocenters. The van der Waals surface area contributed by atoms with E-state index in [0.717, 1.165) is 39.6 Å². The van der Waals surface area contributed by atoms with Crippen LogP contribution in [0.2, 0.25) is 0 Å². The van der Waals surface area contributed by atoms with E-state index >= 15 is 0 Å². The molecule has 0 amide bonds. The van der Waals surface area contributed by atoms with E-state index in [1.54, 1.807) is 0 Å². The van der Waals surface area contributed by atoms with Gasteiger partial charge in [0.2, 0.25) is 0 Å². The first-order valence-electron chi connectivity index (χ1n) is 25.7. The molecule has 14 rings (SSSR count). The van der Waals surface area contributed by atoms with Crippen LogP contribution in [-0.2, 0) is 0 Å². The fourth-order valence-corrected chi connectivity index (χ4v) is 11.7. The van der Waals surface area contributed by atoms with Crippen LogP contribution >= 0.6 is 0 Å². The monoisotopic (exact) mass is 953 g/mol. The lowest BCUT2D eigenvalue weighted by molar-refractivity contribution is 1.07.